The number of rotatable bonds is 4. The number of nitrogens with zero attached hydrogens (tertiary/aromatic N) is 1. The topological polar surface area (TPSA) is 49.4 Å². The molecular weight excluding hydrogens is 323 g/mol. The van der Waals surface area contributed by atoms with Crippen molar-refractivity contribution in [1.29, 1.82) is 0 Å². The molecule has 0 aromatic heterocycles. The number of amides is 1. The zero-order valence-corrected chi connectivity index (χ0v) is 13.9. The van der Waals surface area contributed by atoms with Gasteiger partial charge in [-0.15, -0.1) is 0 Å². The fourth-order valence-electron chi connectivity index (χ4n) is 2.22. The van der Waals surface area contributed by atoms with Gasteiger partial charge in [0.15, 0.2) is 5.78 Å². The van der Waals surface area contributed by atoms with Crippen LogP contribution in [-0.2, 0) is 4.79 Å². The van der Waals surface area contributed by atoms with Gasteiger partial charge in [0.2, 0.25) is 5.91 Å². The minimum atomic E-state index is -0.635. The molecule has 1 saturated heterocycles. The third kappa shape index (κ3) is 4.51. The van der Waals surface area contributed by atoms with E-state index in [1.807, 2.05) is 0 Å². The largest absolute Gasteiger partial charge is 0.358 e. The predicted octanol–water partition coefficient (Wildman–Crippen LogP) is 3.08. The highest BCUT2D eigenvalue weighted by molar-refractivity contribution is 8.23. The van der Waals surface area contributed by atoms with E-state index in [-0.39, 0.29) is 23.0 Å². The molecule has 0 bridgehead atoms. The first-order valence-electron chi connectivity index (χ1n) is 6.99. The third-order valence-corrected chi connectivity index (χ3v) is 4.80. The summed E-state index contributed by atoms with van der Waals surface area (Å²) >= 11 is 6.55. The van der Waals surface area contributed by atoms with E-state index in [0.717, 1.165) is 32.0 Å². The summed E-state index contributed by atoms with van der Waals surface area (Å²) in [5.41, 5.74) is 0.354. The molecule has 0 spiro atoms. The number of thioether (sulfide) groups is 1. The molecule has 1 aromatic rings. The van der Waals surface area contributed by atoms with Gasteiger partial charge in [-0.05, 0) is 31.0 Å². The van der Waals surface area contributed by atoms with E-state index in [1.165, 1.54) is 30.8 Å². The van der Waals surface area contributed by atoms with Crippen LogP contribution in [0.25, 0.3) is 0 Å². The summed E-state index contributed by atoms with van der Waals surface area (Å²) < 4.78 is 14.6. The van der Waals surface area contributed by atoms with Gasteiger partial charge < -0.3 is 10.2 Å². The highest BCUT2D eigenvalue weighted by Gasteiger charge is 2.18. The molecule has 1 amide bonds. The quantitative estimate of drug-likeness (QED) is 0.674. The first kappa shape index (κ1) is 16.9. The molecule has 1 aromatic carbocycles. The average Bonchev–Trinajstić information content (AvgIpc) is 2.98. The Morgan fingerprint density at radius 2 is 2.05 bits per heavy atom. The zero-order valence-electron chi connectivity index (χ0n) is 12.2. The van der Waals surface area contributed by atoms with Crippen LogP contribution >= 0.6 is 24.0 Å². The van der Waals surface area contributed by atoms with Gasteiger partial charge in [0.1, 0.15) is 10.1 Å². The molecule has 22 heavy (non-hydrogen) atoms. The Balaban J connectivity index is 1.94. The fourth-order valence-corrected chi connectivity index (χ4v) is 3.35. The van der Waals surface area contributed by atoms with E-state index < -0.39 is 5.82 Å². The predicted molar refractivity (Wildman–Crippen MR) is 90.9 cm³/mol. The zero-order chi connectivity index (χ0) is 16.1. The van der Waals surface area contributed by atoms with E-state index in [0.29, 0.717) is 10.0 Å². The molecule has 0 atom stereocenters. The number of Topliss-reactive ketones (excluding diaryl/α,β-unsaturated/α-hetero) is 1. The van der Waals surface area contributed by atoms with Gasteiger partial charge in [-0.25, -0.2) is 4.39 Å². The Labute approximate surface area is 138 Å². The van der Waals surface area contributed by atoms with E-state index in [2.05, 4.69) is 10.2 Å². The Bertz CT molecular complexity index is 601. The monoisotopic (exact) mass is 340 g/mol. The number of thiocarbonyl (C=S) groups is 1. The summed E-state index contributed by atoms with van der Waals surface area (Å²) in [6.45, 7) is 3.20. The average molecular weight is 340 g/mol. The lowest BCUT2D eigenvalue weighted by atomic mass is 10.1. The first-order valence-corrected chi connectivity index (χ1v) is 8.39. The summed E-state index contributed by atoms with van der Waals surface area (Å²) in [7, 11) is 0. The van der Waals surface area contributed by atoms with Crippen LogP contribution in [0.2, 0.25) is 0 Å². The summed E-state index contributed by atoms with van der Waals surface area (Å²) in [6.07, 6.45) is 2.24. The van der Waals surface area contributed by atoms with Crippen LogP contribution in [-0.4, -0.2) is 39.8 Å². The van der Waals surface area contributed by atoms with Gasteiger partial charge >= 0.3 is 0 Å². The van der Waals surface area contributed by atoms with Crippen molar-refractivity contribution in [3.05, 3.63) is 29.6 Å². The van der Waals surface area contributed by atoms with Crippen molar-refractivity contribution in [2.24, 2.45) is 0 Å². The number of likely N-dealkylation sites (tertiary alicyclic amines) is 1. The molecule has 1 fully saturated rings. The van der Waals surface area contributed by atoms with Crippen molar-refractivity contribution in [3.63, 3.8) is 0 Å². The summed E-state index contributed by atoms with van der Waals surface area (Å²) in [5.74, 6) is -1.11. The SMILES string of the molecule is CC(=O)Nc1ccc(C(=O)CSC(=S)N2CCCC2)c(F)c1. The number of carbonyl (C=O) groups excluding carboxylic acids is 2. The summed E-state index contributed by atoms with van der Waals surface area (Å²) in [6, 6.07) is 4.06. The first-order chi connectivity index (χ1) is 10.5. The van der Waals surface area contributed by atoms with Crippen LogP contribution in [0.5, 0.6) is 0 Å². The maximum Gasteiger partial charge on any atom is 0.221 e. The maximum absolute atomic E-state index is 14.0. The van der Waals surface area contributed by atoms with Gasteiger partial charge in [-0.2, -0.15) is 0 Å². The summed E-state index contributed by atoms with van der Waals surface area (Å²) in [4.78, 5) is 25.1. The van der Waals surface area contributed by atoms with Crippen molar-refractivity contribution in [2.45, 2.75) is 19.8 Å². The number of carbonyl (C=O) groups is 2. The smallest absolute Gasteiger partial charge is 0.221 e. The third-order valence-electron chi connectivity index (χ3n) is 3.28. The second-order valence-corrected chi connectivity index (χ2v) is 6.66. The second kappa shape index (κ2) is 7.69. The molecule has 1 heterocycles. The van der Waals surface area contributed by atoms with Crippen molar-refractivity contribution >= 4 is 45.7 Å². The molecule has 1 aliphatic heterocycles. The van der Waals surface area contributed by atoms with Crippen LogP contribution in [0.4, 0.5) is 10.1 Å². The number of nitrogens with one attached hydrogen (secondary N) is 1. The van der Waals surface area contributed by atoms with Gasteiger partial charge in [-0.3, -0.25) is 9.59 Å². The van der Waals surface area contributed by atoms with Crippen molar-refractivity contribution in [3.8, 4) is 0 Å². The molecule has 0 radical (unpaired) electrons. The number of benzene rings is 1. The number of hydrogen-bond donors (Lipinski definition) is 1. The van der Waals surface area contributed by atoms with Crippen LogP contribution < -0.4 is 5.32 Å². The van der Waals surface area contributed by atoms with Gasteiger partial charge in [0.05, 0.1) is 11.3 Å². The van der Waals surface area contributed by atoms with Crippen molar-refractivity contribution in [2.75, 3.05) is 24.2 Å². The van der Waals surface area contributed by atoms with Crippen LogP contribution in [0.1, 0.15) is 30.1 Å². The van der Waals surface area contributed by atoms with Gasteiger partial charge in [0, 0.05) is 25.7 Å². The number of hydrogen-bond acceptors (Lipinski definition) is 4. The highest BCUT2D eigenvalue weighted by atomic mass is 32.2. The fraction of sp³-hybridized carbons (Fsp3) is 0.400. The standard InChI is InChI=1S/C15H17FN2O2S2/c1-10(19)17-11-4-5-12(13(16)8-11)14(20)9-22-15(21)18-6-2-3-7-18/h4-5,8H,2-3,6-7,9H2,1H3,(H,17,19). The normalized spacial score (nSPS) is 14.0. The Morgan fingerprint density at radius 3 is 2.64 bits per heavy atom. The summed E-state index contributed by atoms with van der Waals surface area (Å²) in [5, 5.41) is 2.48. The van der Waals surface area contributed by atoms with Gasteiger partial charge in [-0.1, -0.05) is 24.0 Å². The van der Waals surface area contributed by atoms with Crippen LogP contribution in [0.15, 0.2) is 18.2 Å². The van der Waals surface area contributed by atoms with E-state index in [1.54, 1.807) is 0 Å². The van der Waals surface area contributed by atoms with Crippen molar-refractivity contribution in [1.82, 2.24) is 4.90 Å². The molecule has 7 heteroatoms. The van der Waals surface area contributed by atoms with Crippen LogP contribution in [0, 0.1) is 5.82 Å². The molecule has 4 nitrogen and oxygen atoms in total. The van der Waals surface area contributed by atoms with Crippen molar-refractivity contribution < 1.29 is 14.0 Å². The number of anilines is 1. The number of halogens is 1. The van der Waals surface area contributed by atoms with Crippen LogP contribution in [0.3, 0.4) is 0 Å². The lowest BCUT2D eigenvalue weighted by Gasteiger charge is -2.17. The Hall–Kier alpha value is -1.47. The number of ketones is 1. The molecule has 0 unspecified atom stereocenters. The molecule has 1 N–H and O–H groups in total. The second-order valence-electron chi connectivity index (χ2n) is 5.05. The maximum atomic E-state index is 14.0. The lowest BCUT2D eigenvalue weighted by molar-refractivity contribution is -0.114. The molecule has 0 saturated carbocycles. The lowest BCUT2D eigenvalue weighted by Crippen LogP contribution is -2.24. The highest BCUT2D eigenvalue weighted by Crippen LogP contribution is 2.20. The molecule has 0 aliphatic carbocycles. The molecule has 118 valence electrons. The van der Waals surface area contributed by atoms with E-state index >= 15 is 0 Å². The minimum absolute atomic E-state index is 0.0193. The molecular formula is C15H17FN2O2S2. The molecule has 1 aliphatic rings. The Kier molecular flexibility index (Phi) is 5.90. The van der Waals surface area contributed by atoms with Gasteiger partial charge in [0.25, 0.3) is 0 Å². The molecule has 2 rings (SSSR count). The van der Waals surface area contributed by atoms with E-state index in [9.17, 15) is 14.0 Å². The Morgan fingerprint density at radius 1 is 1.36 bits per heavy atom. The van der Waals surface area contributed by atoms with E-state index in [4.69, 9.17) is 12.2 Å². The minimum Gasteiger partial charge on any atom is -0.358 e.